The Labute approximate surface area is 294 Å². The molecule has 0 aliphatic heterocycles. The molecule has 3 heteroatoms. The number of benzene rings is 8. The van der Waals surface area contributed by atoms with Crippen LogP contribution in [0.1, 0.15) is 33.4 Å². The molecule has 0 saturated heterocycles. The fraction of sp³-hybridized carbons (Fsp3) is 0.0625. The van der Waals surface area contributed by atoms with E-state index in [0.29, 0.717) is 17.5 Å². The highest BCUT2D eigenvalue weighted by Crippen LogP contribution is 2.56. The molecule has 0 spiro atoms. The maximum Gasteiger partial charge on any atom is 0.164 e. The predicted octanol–water partition coefficient (Wildman–Crippen LogP) is 11.4. The molecule has 236 valence electrons. The molecule has 0 unspecified atom stereocenters. The number of hydrogen-bond acceptors (Lipinski definition) is 3. The molecule has 0 N–H and O–H groups in total. The second-order valence-corrected chi connectivity index (χ2v) is 14.3. The zero-order valence-corrected chi connectivity index (χ0v) is 27.7. The average Bonchev–Trinajstić information content (AvgIpc) is 3.89. The summed E-state index contributed by atoms with van der Waals surface area (Å²) < 4.78 is 0. The minimum absolute atomic E-state index is 0.677. The fourth-order valence-electron chi connectivity index (χ4n) is 9.34. The van der Waals surface area contributed by atoms with Gasteiger partial charge in [0, 0.05) is 16.7 Å². The van der Waals surface area contributed by atoms with Crippen LogP contribution in [0.5, 0.6) is 0 Å². The minimum atomic E-state index is 0.677. The monoisotopic (exact) mass is 647 g/mol. The lowest BCUT2D eigenvalue weighted by Crippen LogP contribution is -2.00. The first kappa shape index (κ1) is 27.4. The fourth-order valence-corrected chi connectivity index (χ4v) is 9.34. The third kappa shape index (κ3) is 3.81. The Kier molecular flexibility index (Phi) is 5.40. The van der Waals surface area contributed by atoms with Gasteiger partial charge in [0.05, 0.1) is 0 Å². The van der Waals surface area contributed by atoms with Crippen molar-refractivity contribution in [3.05, 3.63) is 173 Å². The molecule has 8 aromatic carbocycles. The van der Waals surface area contributed by atoms with Crippen LogP contribution in [-0.4, -0.2) is 15.0 Å². The van der Waals surface area contributed by atoms with Crippen LogP contribution in [0.2, 0.25) is 0 Å². The Hall–Kier alpha value is -6.45. The van der Waals surface area contributed by atoms with Crippen LogP contribution >= 0.6 is 0 Å². The average molecular weight is 648 g/mol. The normalized spacial score (nSPS) is 13.3. The van der Waals surface area contributed by atoms with Crippen molar-refractivity contribution in [1.82, 2.24) is 15.0 Å². The van der Waals surface area contributed by atoms with E-state index in [0.717, 1.165) is 36.0 Å². The first-order chi connectivity index (χ1) is 25.3. The van der Waals surface area contributed by atoms with Gasteiger partial charge in [-0.1, -0.05) is 127 Å². The molecule has 0 radical (unpaired) electrons. The molecule has 1 heterocycles. The lowest BCUT2D eigenvalue weighted by Gasteiger charge is -2.14. The Morgan fingerprint density at radius 3 is 1.20 bits per heavy atom. The van der Waals surface area contributed by atoms with Crippen molar-refractivity contribution in [1.29, 1.82) is 0 Å². The maximum atomic E-state index is 4.99. The van der Waals surface area contributed by atoms with E-state index in [1.807, 2.05) is 36.4 Å². The van der Waals surface area contributed by atoms with Gasteiger partial charge in [-0.3, -0.25) is 0 Å². The summed E-state index contributed by atoms with van der Waals surface area (Å²) in [4.78, 5) is 14.9. The third-order valence-electron chi connectivity index (χ3n) is 11.5. The third-order valence-corrected chi connectivity index (χ3v) is 11.5. The van der Waals surface area contributed by atoms with Crippen molar-refractivity contribution in [2.75, 3.05) is 0 Å². The molecule has 9 aromatic rings. The SMILES string of the molecule is c1ccc(-c2nc(-c3ccccc3)nc(-c3ccc(-c4cc5c6c7c(ccc8c7c7c(c(-c9ccccc9)cc9c7c6c4C9)C8)C5)cc3)n2)cc1. The zero-order valence-electron chi connectivity index (χ0n) is 27.7. The standard InChI is InChI=1S/C48H29N3/c1-4-10-27(11-5-1)36-25-35-26-39-37(24-34-22-32-20-21-33-23-38(36)44-41(33)40(32)42(34)45(39)43(35)44)28-16-18-31(19-17-28)48-50-46(29-12-6-2-7-13-29)49-47(51-48)30-14-8-3-9-15-30/h1-21,24-25H,22-23,26H2. The summed E-state index contributed by atoms with van der Waals surface area (Å²) in [6.07, 6.45) is 2.96. The van der Waals surface area contributed by atoms with Gasteiger partial charge in [0.25, 0.3) is 0 Å². The van der Waals surface area contributed by atoms with E-state index in [2.05, 4.69) is 103 Å². The lowest BCUT2D eigenvalue weighted by atomic mass is 9.89. The molecular weight excluding hydrogens is 619 g/mol. The Morgan fingerprint density at radius 2 is 0.647 bits per heavy atom. The van der Waals surface area contributed by atoms with E-state index in [1.165, 1.54) is 88.0 Å². The quantitative estimate of drug-likeness (QED) is 0.175. The number of aromatic nitrogens is 3. The van der Waals surface area contributed by atoms with E-state index in [1.54, 1.807) is 0 Å². The van der Waals surface area contributed by atoms with E-state index >= 15 is 0 Å². The molecule has 0 atom stereocenters. The van der Waals surface area contributed by atoms with Gasteiger partial charge in [-0.15, -0.1) is 0 Å². The summed E-state index contributed by atoms with van der Waals surface area (Å²) in [5.74, 6) is 2.03. The molecule has 0 fully saturated rings. The number of nitrogens with zero attached hydrogens (tertiary/aromatic N) is 3. The van der Waals surface area contributed by atoms with Crippen molar-refractivity contribution in [2.24, 2.45) is 0 Å². The molecule has 3 aliphatic carbocycles. The van der Waals surface area contributed by atoms with Crippen LogP contribution < -0.4 is 0 Å². The van der Waals surface area contributed by atoms with Gasteiger partial charge < -0.3 is 0 Å². The molecule has 3 aliphatic rings. The smallest absolute Gasteiger partial charge is 0.164 e. The largest absolute Gasteiger partial charge is 0.208 e. The highest BCUT2D eigenvalue weighted by molar-refractivity contribution is 6.34. The van der Waals surface area contributed by atoms with Crippen molar-refractivity contribution in [2.45, 2.75) is 19.3 Å². The number of rotatable bonds is 5. The lowest BCUT2D eigenvalue weighted by molar-refractivity contribution is 1.07. The van der Waals surface area contributed by atoms with E-state index in [4.69, 9.17) is 15.0 Å². The van der Waals surface area contributed by atoms with E-state index in [-0.39, 0.29) is 0 Å². The van der Waals surface area contributed by atoms with Gasteiger partial charge in [0.2, 0.25) is 0 Å². The van der Waals surface area contributed by atoms with Crippen LogP contribution in [0, 0.1) is 0 Å². The first-order valence-electron chi connectivity index (χ1n) is 17.8. The summed E-state index contributed by atoms with van der Waals surface area (Å²) in [6, 6.07) is 50.1. The van der Waals surface area contributed by atoms with Crippen LogP contribution in [0.4, 0.5) is 0 Å². The van der Waals surface area contributed by atoms with Crippen LogP contribution in [0.25, 0.3) is 88.7 Å². The minimum Gasteiger partial charge on any atom is -0.208 e. The predicted molar refractivity (Wildman–Crippen MR) is 208 cm³/mol. The van der Waals surface area contributed by atoms with Gasteiger partial charge >= 0.3 is 0 Å². The molecule has 1 aromatic heterocycles. The second-order valence-electron chi connectivity index (χ2n) is 14.3. The summed E-state index contributed by atoms with van der Waals surface area (Å²) in [5, 5.41) is 9.07. The van der Waals surface area contributed by atoms with Gasteiger partial charge in [-0.05, 0) is 119 Å². The summed E-state index contributed by atoms with van der Waals surface area (Å²) in [6.45, 7) is 0. The van der Waals surface area contributed by atoms with Crippen LogP contribution in [-0.2, 0) is 19.3 Å². The van der Waals surface area contributed by atoms with E-state index in [9.17, 15) is 0 Å². The molecule has 0 bridgehead atoms. The van der Waals surface area contributed by atoms with Crippen molar-refractivity contribution >= 4 is 32.3 Å². The summed E-state index contributed by atoms with van der Waals surface area (Å²) >= 11 is 0. The van der Waals surface area contributed by atoms with Gasteiger partial charge in [0.15, 0.2) is 17.5 Å². The molecule has 3 nitrogen and oxygen atoms in total. The molecule has 51 heavy (non-hydrogen) atoms. The molecule has 12 rings (SSSR count). The summed E-state index contributed by atoms with van der Waals surface area (Å²) in [5.41, 5.74) is 17.1. The molecular formula is C48H29N3. The van der Waals surface area contributed by atoms with Gasteiger partial charge in [-0.25, -0.2) is 15.0 Å². The second kappa shape index (κ2) is 10.1. The Balaban J connectivity index is 1.03. The Morgan fingerprint density at radius 1 is 0.294 bits per heavy atom. The Bertz CT molecular complexity index is 2890. The van der Waals surface area contributed by atoms with Crippen LogP contribution in [0.3, 0.4) is 0 Å². The van der Waals surface area contributed by atoms with Crippen molar-refractivity contribution in [3.8, 4) is 56.4 Å². The van der Waals surface area contributed by atoms with Crippen molar-refractivity contribution < 1.29 is 0 Å². The zero-order chi connectivity index (χ0) is 33.2. The summed E-state index contributed by atoms with van der Waals surface area (Å²) in [7, 11) is 0. The first-order valence-corrected chi connectivity index (χ1v) is 17.8. The van der Waals surface area contributed by atoms with Crippen LogP contribution in [0.15, 0.2) is 140 Å². The maximum absolute atomic E-state index is 4.99. The molecule has 0 saturated carbocycles. The highest BCUT2D eigenvalue weighted by Gasteiger charge is 2.34. The highest BCUT2D eigenvalue weighted by atomic mass is 15.0. The number of hydrogen-bond donors (Lipinski definition) is 0. The van der Waals surface area contributed by atoms with Crippen molar-refractivity contribution in [3.63, 3.8) is 0 Å². The van der Waals surface area contributed by atoms with E-state index < -0.39 is 0 Å². The topological polar surface area (TPSA) is 38.7 Å². The molecule has 0 amide bonds. The van der Waals surface area contributed by atoms with Gasteiger partial charge in [0.1, 0.15) is 0 Å². The van der Waals surface area contributed by atoms with Gasteiger partial charge in [-0.2, -0.15) is 0 Å².